The van der Waals surface area contributed by atoms with Crippen LogP contribution in [0.1, 0.15) is 38.2 Å². The summed E-state index contributed by atoms with van der Waals surface area (Å²) in [7, 11) is 0. The van der Waals surface area contributed by atoms with Gasteiger partial charge >= 0.3 is 0 Å². The maximum atomic E-state index is 14.3. The summed E-state index contributed by atoms with van der Waals surface area (Å²) >= 11 is 0. The highest BCUT2D eigenvalue weighted by atomic mass is 19.1. The molecule has 1 aromatic rings. The molecule has 21 heavy (non-hydrogen) atoms. The first-order valence-corrected chi connectivity index (χ1v) is 8.40. The van der Waals surface area contributed by atoms with Gasteiger partial charge in [-0.05, 0) is 50.4 Å². The Morgan fingerprint density at radius 1 is 1.24 bits per heavy atom. The maximum Gasteiger partial charge on any atom is 0.115 e. The van der Waals surface area contributed by atoms with Crippen LogP contribution < -0.4 is 5.32 Å². The second-order valence-corrected chi connectivity index (χ2v) is 6.17. The maximum absolute atomic E-state index is 14.3. The monoisotopic (exact) mass is 292 g/mol. The molecule has 1 aromatic carbocycles. The second-order valence-electron chi connectivity index (χ2n) is 6.17. The van der Waals surface area contributed by atoms with Gasteiger partial charge in [-0.3, -0.25) is 0 Å². The van der Waals surface area contributed by atoms with E-state index >= 15 is 0 Å². The Hall–Kier alpha value is -0.930. The van der Waals surface area contributed by atoms with Gasteiger partial charge in [0.1, 0.15) is 6.17 Å². The van der Waals surface area contributed by atoms with Gasteiger partial charge in [-0.15, -0.1) is 0 Å². The van der Waals surface area contributed by atoms with Crippen LogP contribution in [0.3, 0.4) is 0 Å². The Kier molecular flexibility index (Phi) is 7.17. The molecule has 0 saturated carbocycles. The van der Waals surface area contributed by atoms with Crippen molar-refractivity contribution in [3.8, 4) is 0 Å². The topological polar surface area (TPSA) is 15.3 Å². The molecule has 3 heteroatoms. The highest BCUT2D eigenvalue weighted by Crippen LogP contribution is 2.22. The largest absolute Gasteiger partial charge is 0.310 e. The summed E-state index contributed by atoms with van der Waals surface area (Å²) < 4.78 is 14.3. The van der Waals surface area contributed by atoms with Gasteiger partial charge in [-0.25, -0.2) is 4.39 Å². The van der Waals surface area contributed by atoms with E-state index in [1.54, 1.807) is 0 Å². The van der Waals surface area contributed by atoms with Crippen LogP contribution in [0.4, 0.5) is 4.39 Å². The van der Waals surface area contributed by atoms with E-state index in [-0.39, 0.29) is 5.92 Å². The van der Waals surface area contributed by atoms with Crippen molar-refractivity contribution in [1.82, 2.24) is 10.2 Å². The molecule has 1 unspecified atom stereocenters. The lowest BCUT2D eigenvalue weighted by atomic mass is 9.92. The molecule has 1 fully saturated rings. The van der Waals surface area contributed by atoms with Gasteiger partial charge in [-0.2, -0.15) is 0 Å². The van der Waals surface area contributed by atoms with Crippen molar-refractivity contribution in [1.29, 1.82) is 0 Å². The number of nitrogens with one attached hydrogen (secondary N) is 1. The zero-order valence-electron chi connectivity index (χ0n) is 13.2. The Labute approximate surface area is 128 Å². The van der Waals surface area contributed by atoms with Crippen LogP contribution in [0.25, 0.3) is 0 Å². The lowest BCUT2D eigenvalue weighted by molar-refractivity contribution is 0.118. The smallest absolute Gasteiger partial charge is 0.115 e. The SMILES string of the molecule is CCCCN1CCC(C(F)CNCc2ccccc2)CC1. The van der Waals surface area contributed by atoms with Crippen molar-refractivity contribution in [2.45, 2.75) is 45.3 Å². The van der Waals surface area contributed by atoms with Crippen LogP contribution in [-0.4, -0.2) is 37.3 Å². The Balaban J connectivity index is 1.62. The molecule has 1 N–H and O–H groups in total. The van der Waals surface area contributed by atoms with Crippen molar-refractivity contribution >= 4 is 0 Å². The molecule has 0 aromatic heterocycles. The molecule has 0 bridgehead atoms. The molecule has 0 aliphatic carbocycles. The number of hydrogen-bond donors (Lipinski definition) is 1. The summed E-state index contributed by atoms with van der Waals surface area (Å²) in [4.78, 5) is 2.49. The van der Waals surface area contributed by atoms with Crippen LogP contribution in [0.5, 0.6) is 0 Å². The van der Waals surface area contributed by atoms with Crippen molar-refractivity contribution in [2.24, 2.45) is 5.92 Å². The quantitative estimate of drug-likeness (QED) is 0.787. The number of unbranched alkanes of at least 4 members (excludes halogenated alkanes) is 1. The number of benzene rings is 1. The summed E-state index contributed by atoms with van der Waals surface area (Å²) in [5.41, 5.74) is 1.22. The van der Waals surface area contributed by atoms with E-state index in [1.807, 2.05) is 18.2 Å². The fourth-order valence-electron chi connectivity index (χ4n) is 3.04. The van der Waals surface area contributed by atoms with Gasteiger partial charge in [-0.1, -0.05) is 43.7 Å². The molecule has 2 nitrogen and oxygen atoms in total. The summed E-state index contributed by atoms with van der Waals surface area (Å²) in [6.07, 6.45) is 3.83. The Morgan fingerprint density at radius 3 is 2.62 bits per heavy atom. The summed E-state index contributed by atoms with van der Waals surface area (Å²) in [5, 5.41) is 3.26. The van der Waals surface area contributed by atoms with Crippen molar-refractivity contribution in [3.05, 3.63) is 35.9 Å². The second kappa shape index (κ2) is 9.16. The number of halogens is 1. The molecule has 1 saturated heterocycles. The van der Waals surface area contributed by atoms with Gasteiger partial charge in [0, 0.05) is 13.1 Å². The molecule has 1 heterocycles. The van der Waals surface area contributed by atoms with Gasteiger partial charge in [0.05, 0.1) is 0 Å². The molecule has 2 rings (SSSR count). The molecule has 0 spiro atoms. The first kappa shape index (κ1) is 16.4. The highest BCUT2D eigenvalue weighted by molar-refractivity contribution is 5.14. The average Bonchev–Trinajstić information content (AvgIpc) is 2.54. The first-order valence-electron chi connectivity index (χ1n) is 8.40. The summed E-state index contributed by atoms with van der Waals surface area (Å²) in [5.74, 6) is 0.242. The van der Waals surface area contributed by atoms with Crippen LogP contribution in [-0.2, 0) is 6.54 Å². The number of rotatable bonds is 8. The molecule has 0 amide bonds. The first-order chi connectivity index (χ1) is 10.3. The summed E-state index contributed by atoms with van der Waals surface area (Å²) in [6.45, 7) is 6.80. The zero-order chi connectivity index (χ0) is 14.9. The van der Waals surface area contributed by atoms with Crippen LogP contribution in [0.2, 0.25) is 0 Å². The van der Waals surface area contributed by atoms with Crippen LogP contribution in [0, 0.1) is 5.92 Å². The lowest BCUT2D eigenvalue weighted by Gasteiger charge is -2.33. The van der Waals surface area contributed by atoms with E-state index < -0.39 is 6.17 Å². The fraction of sp³-hybridized carbons (Fsp3) is 0.667. The van der Waals surface area contributed by atoms with Crippen molar-refractivity contribution < 1.29 is 4.39 Å². The van der Waals surface area contributed by atoms with E-state index in [0.717, 1.165) is 32.5 Å². The summed E-state index contributed by atoms with van der Waals surface area (Å²) in [6, 6.07) is 10.2. The molecule has 0 radical (unpaired) electrons. The third-order valence-electron chi connectivity index (χ3n) is 4.48. The van der Waals surface area contributed by atoms with Gasteiger partial charge in [0.2, 0.25) is 0 Å². The average molecular weight is 292 g/mol. The number of nitrogens with zero attached hydrogens (tertiary/aromatic N) is 1. The van der Waals surface area contributed by atoms with Gasteiger partial charge < -0.3 is 10.2 Å². The minimum Gasteiger partial charge on any atom is -0.310 e. The molecular formula is C18H29FN2. The van der Waals surface area contributed by atoms with Gasteiger partial charge in [0.25, 0.3) is 0 Å². The number of likely N-dealkylation sites (tertiary alicyclic amines) is 1. The normalized spacial score (nSPS) is 18.8. The van der Waals surface area contributed by atoms with E-state index in [9.17, 15) is 4.39 Å². The Morgan fingerprint density at radius 2 is 1.95 bits per heavy atom. The van der Waals surface area contributed by atoms with Crippen LogP contribution in [0.15, 0.2) is 30.3 Å². The third kappa shape index (κ3) is 5.76. The standard InChI is InChI=1S/C18H29FN2/c1-2-3-11-21-12-9-17(10-13-21)18(19)15-20-14-16-7-5-4-6-8-16/h4-8,17-18,20H,2-3,9-15H2,1H3. The molecule has 1 aliphatic heterocycles. The van der Waals surface area contributed by atoms with Crippen LogP contribution >= 0.6 is 0 Å². The highest BCUT2D eigenvalue weighted by Gasteiger charge is 2.25. The minimum absolute atomic E-state index is 0.242. The van der Waals surface area contributed by atoms with Crippen molar-refractivity contribution in [3.63, 3.8) is 0 Å². The molecule has 118 valence electrons. The minimum atomic E-state index is -0.706. The fourth-order valence-corrected chi connectivity index (χ4v) is 3.04. The predicted molar refractivity (Wildman–Crippen MR) is 87.1 cm³/mol. The van der Waals surface area contributed by atoms with E-state index in [1.165, 1.54) is 24.9 Å². The molecule has 1 aliphatic rings. The number of alkyl halides is 1. The van der Waals surface area contributed by atoms with Crippen molar-refractivity contribution in [2.75, 3.05) is 26.2 Å². The zero-order valence-corrected chi connectivity index (χ0v) is 13.2. The van der Waals surface area contributed by atoms with E-state index in [2.05, 4.69) is 29.3 Å². The molecular weight excluding hydrogens is 263 g/mol. The Bertz CT molecular complexity index is 374. The number of piperidine rings is 1. The lowest BCUT2D eigenvalue weighted by Crippen LogP contribution is -2.39. The predicted octanol–water partition coefficient (Wildman–Crippen LogP) is 3.63. The molecule has 1 atom stereocenters. The third-order valence-corrected chi connectivity index (χ3v) is 4.48. The van der Waals surface area contributed by atoms with E-state index in [4.69, 9.17) is 0 Å². The van der Waals surface area contributed by atoms with Gasteiger partial charge in [0.15, 0.2) is 0 Å². The number of hydrogen-bond acceptors (Lipinski definition) is 2. The van der Waals surface area contributed by atoms with E-state index in [0.29, 0.717) is 6.54 Å².